The van der Waals surface area contributed by atoms with E-state index in [1.807, 2.05) is 6.21 Å². The molecule has 0 radical (unpaired) electrons. The maximum absolute atomic E-state index is 11.9. The van der Waals surface area contributed by atoms with Crippen molar-refractivity contribution in [1.29, 1.82) is 0 Å². The lowest BCUT2D eigenvalue weighted by Crippen LogP contribution is -1.95. The average Bonchev–Trinajstić information content (AvgIpc) is 2.86. The number of aliphatic imine (C=N–C) groups is 1. The number of fused-ring (bicyclic) bond motifs is 3. The smallest absolute Gasteiger partial charge is 0.200 e. The van der Waals surface area contributed by atoms with Gasteiger partial charge in [0.15, 0.2) is 7.37 Å². The summed E-state index contributed by atoms with van der Waals surface area (Å²) in [7, 11) is -0.957. The van der Waals surface area contributed by atoms with E-state index < -0.39 is 7.37 Å². The van der Waals surface area contributed by atoms with Gasteiger partial charge in [-0.15, -0.1) is 0 Å². The molecule has 2 aromatic rings. The van der Waals surface area contributed by atoms with E-state index in [4.69, 9.17) is 9.52 Å². The van der Waals surface area contributed by atoms with Crippen molar-refractivity contribution in [1.82, 2.24) is 0 Å². The second-order valence-electron chi connectivity index (χ2n) is 5.62. The van der Waals surface area contributed by atoms with Crippen molar-refractivity contribution in [3.05, 3.63) is 59.7 Å². The maximum Gasteiger partial charge on any atom is 0.200 e. The molecule has 0 aromatic heterocycles. The Balaban J connectivity index is 1.84. The first-order chi connectivity index (χ1) is 10.6. The maximum atomic E-state index is 11.9. The molecular weight excluding hydrogens is 293 g/mol. The van der Waals surface area contributed by atoms with Crippen molar-refractivity contribution in [3.8, 4) is 11.1 Å². The minimum atomic E-state index is -2.46. The van der Waals surface area contributed by atoms with Crippen LogP contribution in [0.25, 0.3) is 11.1 Å². The van der Waals surface area contributed by atoms with Crippen LogP contribution in [0.4, 0.5) is 0 Å². The van der Waals surface area contributed by atoms with Gasteiger partial charge in [0.05, 0.1) is 0 Å². The van der Waals surface area contributed by atoms with Gasteiger partial charge in [0.2, 0.25) is 0 Å². The molecule has 1 unspecified atom stereocenters. The van der Waals surface area contributed by atoms with Gasteiger partial charge in [0, 0.05) is 26.2 Å². The van der Waals surface area contributed by atoms with Crippen LogP contribution < -0.4 is 0 Å². The van der Waals surface area contributed by atoms with Crippen LogP contribution in [-0.4, -0.2) is 26.2 Å². The minimum Gasteiger partial charge on any atom is -0.332 e. The van der Waals surface area contributed by atoms with Crippen LogP contribution in [-0.2, 0) is 9.09 Å². The van der Waals surface area contributed by atoms with Gasteiger partial charge in [-0.05, 0) is 28.7 Å². The molecule has 2 aromatic carbocycles. The Morgan fingerprint density at radius 3 is 2.18 bits per heavy atom. The fourth-order valence-electron chi connectivity index (χ4n) is 2.85. The van der Waals surface area contributed by atoms with E-state index in [0.717, 1.165) is 0 Å². The third-order valence-electron chi connectivity index (χ3n) is 4.11. The van der Waals surface area contributed by atoms with Crippen LogP contribution >= 0.6 is 7.37 Å². The lowest BCUT2D eigenvalue weighted by molar-refractivity contribution is 0.399. The van der Waals surface area contributed by atoms with E-state index in [1.54, 1.807) is 6.66 Å². The molecule has 3 nitrogen and oxygen atoms in total. The Kier molecular flexibility index (Phi) is 4.28. The summed E-state index contributed by atoms with van der Waals surface area (Å²) >= 11 is 0. The van der Waals surface area contributed by atoms with Crippen LogP contribution in [0.3, 0.4) is 0 Å². The van der Waals surface area contributed by atoms with Crippen LogP contribution in [0.15, 0.2) is 53.5 Å². The van der Waals surface area contributed by atoms with Crippen LogP contribution in [0.5, 0.6) is 0 Å². The summed E-state index contributed by atoms with van der Waals surface area (Å²) in [5.41, 5.74) is 5.01. The number of rotatable bonds is 5. The molecule has 1 aliphatic carbocycles. The second-order valence-corrected chi connectivity index (χ2v) is 8.46. The SMILES string of the molecule is COP(C)(=O)CCC=NC1c2ccccc2-c2ccccc21. The molecule has 0 fully saturated rings. The van der Waals surface area contributed by atoms with Crippen molar-refractivity contribution in [2.75, 3.05) is 19.9 Å². The molecule has 0 amide bonds. The molecule has 0 N–H and O–H groups in total. The highest BCUT2D eigenvalue weighted by Gasteiger charge is 2.26. The quantitative estimate of drug-likeness (QED) is 0.589. The van der Waals surface area contributed by atoms with Gasteiger partial charge in [0.25, 0.3) is 0 Å². The number of hydrogen-bond donors (Lipinski definition) is 0. The topological polar surface area (TPSA) is 38.7 Å². The Morgan fingerprint density at radius 1 is 1.09 bits per heavy atom. The summed E-state index contributed by atoms with van der Waals surface area (Å²) in [6, 6.07) is 16.8. The molecule has 0 saturated carbocycles. The molecule has 4 heteroatoms. The fourth-order valence-corrected chi connectivity index (χ4v) is 3.62. The largest absolute Gasteiger partial charge is 0.332 e. The van der Waals surface area contributed by atoms with Crippen LogP contribution in [0.1, 0.15) is 23.6 Å². The van der Waals surface area contributed by atoms with Gasteiger partial charge in [-0.25, -0.2) is 0 Å². The summed E-state index contributed by atoms with van der Waals surface area (Å²) in [6.07, 6.45) is 3.09. The highest BCUT2D eigenvalue weighted by molar-refractivity contribution is 7.58. The molecule has 0 saturated heterocycles. The minimum absolute atomic E-state index is 0.0474. The molecule has 0 aliphatic heterocycles. The molecule has 0 heterocycles. The molecule has 22 heavy (non-hydrogen) atoms. The van der Waals surface area contributed by atoms with Crippen LogP contribution in [0, 0.1) is 0 Å². The van der Waals surface area contributed by atoms with Crippen molar-refractivity contribution >= 4 is 13.6 Å². The predicted octanol–water partition coefficient (Wildman–Crippen LogP) is 4.77. The predicted molar refractivity (Wildman–Crippen MR) is 92.2 cm³/mol. The van der Waals surface area contributed by atoms with Gasteiger partial charge in [0.1, 0.15) is 6.04 Å². The highest BCUT2D eigenvalue weighted by Crippen LogP contribution is 2.45. The lowest BCUT2D eigenvalue weighted by Gasteiger charge is -2.09. The molecule has 0 bridgehead atoms. The van der Waals surface area contributed by atoms with E-state index in [9.17, 15) is 4.57 Å². The summed E-state index contributed by atoms with van der Waals surface area (Å²) in [4.78, 5) is 4.74. The summed E-state index contributed by atoms with van der Waals surface area (Å²) in [5, 5.41) is 0. The third kappa shape index (κ3) is 2.92. The van der Waals surface area contributed by atoms with Gasteiger partial charge in [-0.1, -0.05) is 48.5 Å². The van der Waals surface area contributed by atoms with E-state index in [0.29, 0.717) is 12.6 Å². The zero-order chi connectivity index (χ0) is 15.6. The van der Waals surface area contributed by atoms with E-state index in [-0.39, 0.29) is 6.04 Å². The van der Waals surface area contributed by atoms with Gasteiger partial charge >= 0.3 is 0 Å². The summed E-state index contributed by atoms with van der Waals surface area (Å²) < 4.78 is 16.9. The van der Waals surface area contributed by atoms with E-state index in [1.165, 1.54) is 29.4 Å². The van der Waals surface area contributed by atoms with Gasteiger partial charge < -0.3 is 4.52 Å². The second kappa shape index (κ2) is 6.20. The Bertz CT molecular complexity index is 709. The monoisotopic (exact) mass is 313 g/mol. The molecule has 1 atom stereocenters. The first kappa shape index (κ1) is 15.2. The third-order valence-corrected chi connectivity index (χ3v) is 5.95. The highest BCUT2D eigenvalue weighted by atomic mass is 31.2. The molecule has 1 aliphatic rings. The number of nitrogens with zero attached hydrogens (tertiary/aromatic N) is 1. The number of hydrogen-bond acceptors (Lipinski definition) is 3. The summed E-state index contributed by atoms with van der Waals surface area (Å²) in [5.74, 6) is 0. The van der Waals surface area contributed by atoms with Crippen LogP contribution in [0.2, 0.25) is 0 Å². The van der Waals surface area contributed by atoms with Crippen molar-refractivity contribution in [3.63, 3.8) is 0 Å². The molecule has 114 valence electrons. The summed E-state index contributed by atoms with van der Waals surface area (Å²) in [6.45, 7) is 1.67. The van der Waals surface area contributed by atoms with E-state index >= 15 is 0 Å². The van der Waals surface area contributed by atoms with Crippen molar-refractivity contribution < 1.29 is 9.09 Å². The van der Waals surface area contributed by atoms with E-state index in [2.05, 4.69) is 48.5 Å². The van der Waals surface area contributed by atoms with Crippen molar-refractivity contribution in [2.45, 2.75) is 12.5 Å². The fraction of sp³-hybridized carbons (Fsp3) is 0.278. The number of benzene rings is 2. The Labute approximate surface area is 131 Å². The van der Waals surface area contributed by atoms with Gasteiger partial charge in [-0.2, -0.15) is 0 Å². The Morgan fingerprint density at radius 2 is 1.64 bits per heavy atom. The zero-order valence-corrected chi connectivity index (χ0v) is 13.8. The molecule has 0 spiro atoms. The Hall–Kier alpha value is -1.70. The average molecular weight is 313 g/mol. The normalized spacial score (nSPS) is 16.5. The molecule has 3 rings (SSSR count). The zero-order valence-electron chi connectivity index (χ0n) is 12.9. The van der Waals surface area contributed by atoms with Crippen molar-refractivity contribution in [2.24, 2.45) is 4.99 Å². The first-order valence-electron chi connectivity index (χ1n) is 7.44. The first-order valence-corrected chi connectivity index (χ1v) is 9.70. The lowest BCUT2D eigenvalue weighted by atomic mass is 10.1. The standard InChI is InChI=1S/C18H20NO2P/c1-21-22(2,20)13-7-12-19-18-16-10-5-3-8-14(16)15-9-4-6-11-17(15)18/h3-6,8-12,18H,7,13H2,1-2H3. The molecular formula is C18H20NO2P. The van der Waals surface area contributed by atoms with Gasteiger partial charge in [-0.3, -0.25) is 9.56 Å².